The largest absolute Gasteiger partial charge is 0.480 e. The molecule has 0 aliphatic carbocycles. The number of nitrogens with one attached hydrogen (secondary N) is 2. The number of carboxylic acid groups (broad SMARTS) is 1. The van der Waals surface area contributed by atoms with Gasteiger partial charge in [0.25, 0.3) is 0 Å². The standard InChI is InChI=1S/C10H13ClN2O3S/c1-2-7(9(14)15)13-10(16)12-5-6-3-4-8(11)17-6/h3-4,7H,2,5H2,1H3,(H,14,15)(H2,12,13,16). The zero-order valence-electron chi connectivity index (χ0n) is 9.20. The monoisotopic (exact) mass is 276 g/mol. The maximum Gasteiger partial charge on any atom is 0.326 e. The van der Waals surface area contributed by atoms with Crippen LogP contribution in [0.2, 0.25) is 4.34 Å². The number of carbonyl (C=O) groups excluding carboxylic acids is 1. The van der Waals surface area contributed by atoms with Crippen LogP contribution in [0.5, 0.6) is 0 Å². The second-order valence-electron chi connectivity index (χ2n) is 3.33. The highest BCUT2D eigenvalue weighted by atomic mass is 35.5. The molecule has 2 amide bonds. The SMILES string of the molecule is CCC(NC(=O)NCc1ccc(Cl)s1)C(=O)O. The third-order valence-electron chi connectivity index (χ3n) is 2.06. The lowest BCUT2D eigenvalue weighted by molar-refractivity contribution is -0.139. The van der Waals surface area contributed by atoms with Crippen molar-refractivity contribution in [1.82, 2.24) is 10.6 Å². The number of halogens is 1. The predicted molar refractivity (Wildman–Crippen MR) is 66.4 cm³/mol. The van der Waals surface area contributed by atoms with Gasteiger partial charge in [0.2, 0.25) is 0 Å². The molecule has 3 N–H and O–H groups in total. The first-order chi connectivity index (χ1) is 8.02. The number of urea groups is 1. The Hall–Kier alpha value is -1.27. The highest BCUT2D eigenvalue weighted by Crippen LogP contribution is 2.20. The lowest BCUT2D eigenvalue weighted by Gasteiger charge is -2.12. The summed E-state index contributed by atoms with van der Waals surface area (Å²) in [6, 6.07) is 2.19. The molecule has 0 spiro atoms. The summed E-state index contributed by atoms with van der Waals surface area (Å²) < 4.78 is 0.652. The molecule has 1 aromatic heterocycles. The molecule has 0 aromatic carbocycles. The quantitative estimate of drug-likeness (QED) is 0.770. The van der Waals surface area contributed by atoms with E-state index in [9.17, 15) is 9.59 Å². The van der Waals surface area contributed by atoms with Gasteiger partial charge in [-0.05, 0) is 18.6 Å². The van der Waals surface area contributed by atoms with E-state index in [1.807, 2.05) is 6.07 Å². The highest BCUT2D eigenvalue weighted by Gasteiger charge is 2.17. The van der Waals surface area contributed by atoms with E-state index in [4.69, 9.17) is 16.7 Å². The minimum absolute atomic E-state index is 0.333. The van der Waals surface area contributed by atoms with Crippen LogP contribution in [0.25, 0.3) is 0 Å². The third kappa shape index (κ3) is 4.62. The molecular weight excluding hydrogens is 264 g/mol. The molecule has 0 aliphatic heterocycles. The summed E-state index contributed by atoms with van der Waals surface area (Å²) in [7, 11) is 0. The van der Waals surface area contributed by atoms with Gasteiger partial charge in [0, 0.05) is 4.88 Å². The Labute approximate surface area is 108 Å². The predicted octanol–water partition coefficient (Wildman–Crippen LogP) is 2.06. The van der Waals surface area contributed by atoms with Crippen LogP contribution in [0.4, 0.5) is 4.79 Å². The van der Waals surface area contributed by atoms with Crippen molar-refractivity contribution < 1.29 is 14.7 Å². The van der Waals surface area contributed by atoms with Gasteiger partial charge in [-0.1, -0.05) is 18.5 Å². The molecule has 0 fully saturated rings. The van der Waals surface area contributed by atoms with E-state index in [2.05, 4.69) is 10.6 Å². The van der Waals surface area contributed by atoms with E-state index in [0.717, 1.165) is 4.88 Å². The van der Waals surface area contributed by atoms with Gasteiger partial charge in [-0.15, -0.1) is 11.3 Å². The number of hydrogen-bond acceptors (Lipinski definition) is 3. The van der Waals surface area contributed by atoms with Crippen LogP contribution in [-0.4, -0.2) is 23.1 Å². The topological polar surface area (TPSA) is 78.4 Å². The van der Waals surface area contributed by atoms with Gasteiger partial charge in [-0.25, -0.2) is 9.59 Å². The summed E-state index contributed by atoms with van der Waals surface area (Å²) in [5.74, 6) is -1.04. The Morgan fingerprint density at radius 3 is 2.71 bits per heavy atom. The second kappa shape index (κ2) is 6.46. The van der Waals surface area contributed by atoms with E-state index in [1.165, 1.54) is 11.3 Å². The third-order valence-corrected chi connectivity index (χ3v) is 3.29. The highest BCUT2D eigenvalue weighted by molar-refractivity contribution is 7.16. The van der Waals surface area contributed by atoms with Gasteiger partial charge in [0.1, 0.15) is 6.04 Å². The molecule has 17 heavy (non-hydrogen) atoms. The Bertz CT molecular complexity index is 408. The zero-order valence-corrected chi connectivity index (χ0v) is 10.8. The van der Waals surface area contributed by atoms with Crippen molar-refractivity contribution in [2.24, 2.45) is 0 Å². The fraction of sp³-hybridized carbons (Fsp3) is 0.400. The molecular formula is C10H13ClN2O3S. The fourth-order valence-corrected chi connectivity index (χ4v) is 2.19. The normalized spacial score (nSPS) is 11.9. The van der Waals surface area contributed by atoms with Gasteiger partial charge in [-0.3, -0.25) is 0 Å². The van der Waals surface area contributed by atoms with Crippen LogP contribution >= 0.6 is 22.9 Å². The smallest absolute Gasteiger partial charge is 0.326 e. The van der Waals surface area contributed by atoms with Crippen LogP contribution in [-0.2, 0) is 11.3 Å². The molecule has 0 aliphatic rings. The number of carbonyl (C=O) groups is 2. The van der Waals surface area contributed by atoms with Crippen LogP contribution < -0.4 is 10.6 Å². The number of thiophene rings is 1. The van der Waals surface area contributed by atoms with Gasteiger partial charge in [0.05, 0.1) is 10.9 Å². The van der Waals surface area contributed by atoms with Crippen molar-refractivity contribution in [2.75, 3.05) is 0 Å². The maximum atomic E-state index is 11.4. The van der Waals surface area contributed by atoms with Gasteiger partial charge in [0.15, 0.2) is 0 Å². The molecule has 0 bridgehead atoms. The van der Waals surface area contributed by atoms with E-state index in [0.29, 0.717) is 17.3 Å². The lowest BCUT2D eigenvalue weighted by Crippen LogP contribution is -2.45. The molecule has 1 unspecified atom stereocenters. The van der Waals surface area contributed by atoms with E-state index < -0.39 is 18.0 Å². The van der Waals surface area contributed by atoms with Crippen molar-refractivity contribution in [3.8, 4) is 0 Å². The second-order valence-corrected chi connectivity index (χ2v) is 5.13. The Morgan fingerprint density at radius 1 is 1.53 bits per heavy atom. The molecule has 5 nitrogen and oxygen atoms in total. The van der Waals surface area contributed by atoms with Crippen LogP contribution in [0, 0.1) is 0 Å². The molecule has 1 atom stereocenters. The van der Waals surface area contributed by atoms with E-state index >= 15 is 0 Å². The number of rotatable bonds is 5. The van der Waals surface area contributed by atoms with Crippen LogP contribution in [0.15, 0.2) is 12.1 Å². The minimum Gasteiger partial charge on any atom is -0.480 e. The van der Waals surface area contributed by atoms with Crippen LogP contribution in [0.3, 0.4) is 0 Å². The number of carboxylic acids is 1. The van der Waals surface area contributed by atoms with Crippen molar-refractivity contribution in [2.45, 2.75) is 25.9 Å². The summed E-state index contributed by atoms with van der Waals surface area (Å²) in [5, 5.41) is 13.7. The van der Waals surface area contributed by atoms with Crippen molar-refractivity contribution in [3.63, 3.8) is 0 Å². The molecule has 7 heteroatoms. The van der Waals surface area contributed by atoms with Crippen molar-refractivity contribution in [3.05, 3.63) is 21.3 Å². The summed E-state index contributed by atoms with van der Waals surface area (Å²) >= 11 is 7.10. The average Bonchev–Trinajstić information content (AvgIpc) is 2.68. The first kappa shape index (κ1) is 13.8. The number of aliphatic carboxylic acids is 1. The molecule has 1 heterocycles. The first-order valence-corrected chi connectivity index (χ1v) is 6.23. The first-order valence-electron chi connectivity index (χ1n) is 5.04. The lowest BCUT2D eigenvalue weighted by atomic mass is 10.2. The maximum absolute atomic E-state index is 11.4. The molecule has 0 saturated carbocycles. The molecule has 94 valence electrons. The fourth-order valence-electron chi connectivity index (χ4n) is 1.16. The summed E-state index contributed by atoms with van der Waals surface area (Å²) in [6.07, 6.45) is 0.341. The molecule has 1 rings (SSSR count). The Balaban J connectivity index is 2.37. The van der Waals surface area contributed by atoms with Gasteiger partial charge in [-0.2, -0.15) is 0 Å². The summed E-state index contributed by atoms with van der Waals surface area (Å²) in [5.41, 5.74) is 0. The summed E-state index contributed by atoms with van der Waals surface area (Å²) in [6.45, 7) is 2.03. The Kier molecular flexibility index (Phi) is 5.24. The van der Waals surface area contributed by atoms with E-state index in [-0.39, 0.29) is 0 Å². The molecule has 0 radical (unpaired) electrons. The van der Waals surface area contributed by atoms with Crippen LogP contribution in [0.1, 0.15) is 18.2 Å². The Morgan fingerprint density at radius 2 is 2.24 bits per heavy atom. The molecule has 0 saturated heterocycles. The van der Waals surface area contributed by atoms with Crippen molar-refractivity contribution in [1.29, 1.82) is 0 Å². The zero-order chi connectivity index (χ0) is 12.8. The van der Waals surface area contributed by atoms with Gasteiger partial charge < -0.3 is 15.7 Å². The van der Waals surface area contributed by atoms with E-state index in [1.54, 1.807) is 13.0 Å². The summed E-state index contributed by atoms with van der Waals surface area (Å²) in [4.78, 5) is 23.0. The minimum atomic E-state index is -1.04. The number of amides is 2. The number of hydrogen-bond donors (Lipinski definition) is 3. The average molecular weight is 277 g/mol. The molecule has 1 aromatic rings. The van der Waals surface area contributed by atoms with Crippen molar-refractivity contribution >= 4 is 34.9 Å². The van der Waals surface area contributed by atoms with Gasteiger partial charge >= 0.3 is 12.0 Å².